The van der Waals surface area contributed by atoms with Crippen molar-refractivity contribution in [2.24, 2.45) is 5.92 Å². The summed E-state index contributed by atoms with van der Waals surface area (Å²) >= 11 is 6.15. The summed E-state index contributed by atoms with van der Waals surface area (Å²) < 4.78 is 1.78. The predicted molar refractivity (Wildman–Crippen MR) is 137 cm³/mol. The van der Waals surface area contributed by atoms with Crippen LogP contribution in [0.2, 0.25) is 5.02 Å². The second kappa shape index (κ2) is 9.66. The Morgan fingerprint density at radius 3 is 2.59 bits per heavy atom. The zero-order valence-corrected chi connectivity index (χ0v) is 20.2. The fraction of sp³-hybridized carbons (Fsp3) is 0.423. The Kier molecular flexibility index (Phi) is 6.46. The van der Waals surface area contributed by atoms with E-state index in [4.69, 9.17) is 16.6 Å². The van der Waals surface area contributed by atoms with Crippen LogP contribution in [0.3, 0.4) is 0 Å². The van der Waals surface area contributed by atoms with Crippen LogP contribution in [0, 0.1) is 5.92 Å². The van der Waals surface area contributed by atoms with Gasteiger partial charge in [-0.15, -0.1) is 0 Å². The molecule has 0 unspecified atom stereocenters. The summed E-state index contributed by atoms with van der Waals surface area (Å²) in [5, 5.41) is 0.725. The molecule has 1 atom stereocenters. The van der Waals surface area contributed by atoms with Gasteiger partial charge < -0.3 is 19.3 Å². The number of halogens is 1. The van der Waals surface area contributed by atoms with Gasteiger partial charge in [0.1, 0.15) is 0 Å². The minimum Gasteiger partial charge on any atom is -0.368 e. The number of carbonyl (C=O) groups excluding carboxylic acids is 1. The van der Waals surface area contributed by atoms with Crippen LogP contribution in [-0.2, 0) is 11.3 Å². The molecule has 2 aliphatic heterocycles. The Balaban J connectivity index is 1.29. The van der Waals surface area contributed by atoms with E-state index in [9.17, 15) is 9.59 Å². The van der Waals surface area contributed by atoms with Crippen molar-refractivity contribution in [1.29, 1.82) is 0 Å². The maximum absolute atomic E-state index is 13.4. The van der Waals surface area contributed by atoms with E-state index in [1.54, 1.807) is 4.57 Å². The number of piperidine rings is 1. The van der Waals surface area contributed by atoms with E-state index in [1.807, 2.05) is 59.2 Å². The van der Waals surface area contributed by atoms with E-state index < -0.39 is 0 Å². The number of fused-ring (bicyclic) bond motifs is 1. The molecule has 1 aromatic heterocycles. The molecule has 3 aromatic rings. The van der Waals surface area contributed by atoms with Gasteiger partial charge >= 0.3 is 0 Å². The summed E-state index contributed by atoms with van der Waals surface area (Å²) in [6, 6.07) is 15.6. The Morgan fingerprint density at radius 1 is 1.03 bits per heavy atom. The highest BCUT2D eigenvalue weighted by atomic mass is 35.5. The third-order valence-electron chi connectivity index (χ3n) is 6.99. The normalized spacial score (nSPS) is 19.0. The molecular formula is C26H30ClN5O2. The minimum atomic E-state index is -0.116. The summed E-state index contributed by atoms with van der Waals surface area (Å²) in [7, 11) is 0. The zero-order chi connectivity index (χ0) is 23.7. The lowest BCUT2D eigenvalue weighted by Gasteiger charge is -2.40. The van der Waals surface area contributed by atoms with Gasteiger partial charge in [-0.1, -0.05) is 29.8 Å². The third kappa shape index (κ3) is 4.37. The van der Waals surface area contributed by atoms with Crippen molar-refractivity contribution >= 4 is 40.0 Å². The van der Waals surface area contributed by atoms with Crippen LogP contribution in [0.15, 0.2) is 53.3 Å². The summed E-state index contributed by atoms with van der Waals surface area (Å²) in [5.41, 5.74) is 2.67. The number of para-hydroxylation sites is 2. The van der Waals surface area contributed by atoms with Crippen molar-refractivity contribution in [1.82, 2.24) is 14.5 Å². The smallest absolute Gasteiger partial charge is 0.293 e. The van der Waals surface area contributed by atoms with Gasteiger partial charge in [-0.25, -0.2) is 4.98 Å². The SMILES string of the molecule is CCn1c(=O)c(N2CCC[C@@H](C(=O)N3CCN(c4cccc(Cl)c4)CC3)C2)nc2ccccc21. The molecule has 0 N–H and O–H groups in total. The number of carbonyl (C=O) groups is 1. The number of benzene rings is 2. The van der Waals surface area contributed by atoms with Gasteiger partial charge in [0.25, 0.3) is 5.56 Å². The first kappa shape index (κ1) is 22.7. The highest BCUT2D eigenvalue weighted by Gasteiger charge is 2.32. The molecule has 2 fully saturated rings. The molecule has 1 amide bonds. The Labute approximate surface area is 204 Å². The van der Waals surface area contributed by atoms with Crippen LogP contribution in [-0.4, -0.2) is 59.6 Å². The summed E-state index contributed by atoms with van der Waals surface area (Å²) in [6.07, 6.45) is 1.72. The molecule has 7 nitrogen and oxygen atoms in total. The van der Waals surface area contributed by atoms with Gasteiger partial charge in [-0.3, -0.25) is 9.59 Å². The molecule has 178 valence electrons. The standard InChI is InChI=1S/C26H30ClN5O2/c1-2-32-23-11-4-3-10-22(23)28-24(26(32)34)31-12-6-7-19(18-31)25(33)30-15-13-29(14-16-30)21-9-5-8-20(27)17-21/h3-5,8-11,17,19H,2,6-7,12-16,18H2,1H3/t19-/m1/s1. The molecular weight excluding hydrogens is 450 g/mol. The van der Waals surface area contributed by atoms with Gasteiger partial charge in [-0.05, 0) is 50.1 Å². The number of piperazine rings is 1. The number of rotatable bonds is 4. The molecule has 0 bridgehead atoms. The summed E-state index contributed by atoms with van der Waals surface area (Å²) in [4.78, 5) is 37.6. The molecule has 0 spiro atoms. The van der Waals surface area contributed by atoms with Crippen molar-refractivity contribution in [2.75, 3.05) is 49.1 Å². The molecule has 2 aromatic carbocycles. The van der Waals surface area contributed by atoms with Crippen LogP contribution < -0.4 is 15.4 Å². The second-order valence-corrected chi connectivity index (χ2v) is 9.49. The highest BCUT2D eigenvalue weighted by molar-refractivity contribution is 6.30. The first-order valence-corrected chi connectivity index (χ1v) is 12.5. The molecule has 2 aliphatic rings. The van der Waals surface area contributed by atoms with Gasteiger partial charge in [0.15, 0.2) is 5.82 Å². The first-order valence-electron chi connectivity index (χ1n) is 12.1. The number of hydrogen-bond acceptors (Lipinski definition) is 5. The van der Waals surface area contributed by atoms with Crippen LogP contribution in [0.1, 0.15) is 19.8 Å². The van der Waals surface area contributed by atoms with Gasteiger partial charge in [-0.2, -0.15) is 0 Å². The van der Waals surface area contributed by atoms with Crippen LogP contribution >= 0.6 is 11.6 Å². The molecule has 34 heavy (non-hydrogen) atoms. The van der Waals surface area contributed by atoms with E-state index in [-0.39, 0.29) is 17.4 Å². The molecule has 5 rings (SSSR count). The van der Waals surface area contributed by atoms with E-state index >= 15 is 0 Å². The lowest BCUT2D eigenvalue weighted by atomic mass is 9.96. The molecule has 3 heterocycles. The number of anilines is 2. The number of nitrogens with zero attached hydrogens (tertiary/aromatic N) is 5. The predicted octanol–water partition coefficient (Wildman–Crippen LogP) is 3.64. The van der Waals surface area contributed by atoms with Crippen molar-refractivity contribution in [2.45, 2.75) is 26.3 Å². The highest BCUT2D eigenvalue weighted by Crippen LogP contribution is 2.25. The van der Waals surface area contributed by atoms with E-state index in [1.165, 1.54) is 0 Å². The topological polar surface area (TPSA) is 61.7 Å². The molecule has 0 saturated carbocycles. The monoisotopic (exact) mass is 479 g/mol. The zero-order valence-electron chi connectivity index (χ0n) is 19.5. The van der Waals surface area contributed by atoms with Crippen molar-refractivity contribution in [3.05, 3.63) is 63.9 Å². The molecule has 2 saturated heterocycles. The van der Waals surface area contributed by atoms with Crippen molar-refractivity contribution in [3.8, 4) is 0 Å². The van der Waals surface area contributed by atoms with Crippen molar-refractivity contribution in [3.63, 3.8) is 0 Å². The number of amides is 1. The van der Waals surface area contributed by atoms with E-state index in [0.29, 0.717) is 32.0 Å². The lowest BCUT2D eigenvalue weighted by Crippen LogP contribution is -2.53. The Bertz CT molecular complexity index is 1250. The van der Waals surface area contributed by atoms with Crippen molar-refractivity contribution < 1.29 is 4.79 Å². The first-order chi connectivity index (χ1) is 16.5. The fourth-order valence-electron chi connectivity index (χ4n) is 5.19. The van der Waals surface area contributed by atoms with Crippen LogP contribution in [0.5, 0.6) is 0 Å². The molecule has 8 heteroatoms. The summed E-state index contributed by atoms with van der Waals surface area (Å²) in [5.74, 6) is 0.532. The lowest BCUT2D eigenvalue weighted by molar-refractivity contribution is -0.136. The van der Waals surface area contributed by atoms with Crippen LogP contribution in [0.25, 0.3) is 11.0 Å². The quantitative estimate of drug-likeness (QED) is 0.571. The maximum atomic E-state index is 13.4. The largest absolute Gasteiger partial charge is 0.368 e. The molecule has 0 radical (unpaired) electrons. The second-order valence-electron chi connectivity index (χ2n) is 9.05. The Hall–Kier alpha value is -3.06. The van der Waals surface area contributed by atoms with Gasteiger partial charge in [0.05, 0.1) is 17.0 Å². The number of aryl methyl sites for hydroxylation is 1. The minimum absolute atomic E-state index is 0.0792. The average molecular weight is 480 g/mol. The van der Waals surface area contributed by atoms with Gasteiger partial charge in [0, 0.05) is 56.5 Å². The third-order valence-corrected chi connectivity index (χ3v) is 7.22. The Morgan fingerprint density at radius 2 is 1.82 bits per heavy atom. The number of aromatic nitrogens is 2. The fourth-order valence-corrected chi connectivity index (χ4v) is 5.37. The van der Waals surface area contributed by atoms with E-state index in [2.05, 4.69) is 11.0 Å². The number of hydrogen-bond donors (Lipinski definition) is 0. The molecule has 0 aliphatic carbocycles. The van der Waals surface area contributed by atoms with E-state index in [0.717, 1.165) is 54.2 Å². The van der Waals surface area contributed by atoms with Crippen LogP contribution in [0.4, 0.5) is 11.5 Å². The van der Waals surface area contributed by atoms with Gasteiger partial charge in [0.2, 0.25) is 5.91 Å². The summed E-state index contributed by atoms with van der Waals surface area (Å²) in [6.45, 7) is 6.81. The maximum Gasteiger partial charge on any atom is 0.293 e. The average Bonchev–Trinajstić information content (AvgIpc) is 2.88.